The number of aromatic hydroxyl groups is 2. The summed E-state index contributed by atoms with van der Waals surface area (Å²) in [6.45, 7) is 10.8. The minimum atomic E-state index is -0.497. The van der Waals surface area contributed by atoms with Crippen molar-refractivity contribution in [2.24, 2.45) is 0 Å². The standard InChI is InChI=1S/C28H30O6/c1-17(29)33-25-15-21(11-13-23(25)31)27(3,4)19-7-9-20(10-8-19)28(5,6)22-12-14-24(32)26(16-22)34-18(2)30/h7-16,31-32H,1-6H3. The molecule has 0 spiro atoms. The molecule has 2 N–H and O–H groups in total. The van der Waals surface area contributed by atoms with E-state index in [0.717, 1.165) is 22.3 Å². The summed E-state index contributed by atoms with van der Waals surface area (Å²) in [6, 6.07) is 18.2. The van der Waals surface area contributed by atoms with Gasteiger partial charge < -0.3 is 19.7 Å². The maximum atomic E-state index is 11.4. The van der Waals surface area contributed by atoms with Crippen LogP contribution >= 0.6 is 0 Å². The van der Waals surface area contributed by atoms with Crippen LogP contribution in [0.1, 0.15) is 63.8 Å². The highest BCUT2D eigenvalue weighted by Crippen LogP contribution is 2.40. The van der Waals surface area contributed by atoms with Gasteiger partial charge in [0.15, 0.2) is 23.0 Å². The van der Waals surface area contributed by atoms with Gasteiger partial charge in [-0.1, -0.05) is 64.1 Å². The molecule has 0 bridgehead atoms. The van der Waals surface area contributed by atoms with Crippen molar-refractivity contribution in [3.8, 4) is 23.0 Å². The maximum absolute atomic E-state index is 11.4. The molecule has 6 nitrogen and oxygen atoms in total. The van der Waals surface area contributed by atoms with Crippen LogP contribution in [0, 0.1) is 0 Å². The van der Waals surface area contributed by atoms with Crippen molar-refractivity contribution in [3.05, 3.63) is 82.9 Å². The van der Waals surface area contributed by atoms with Gasteiger partial charge in [0, 0.05) is 24.7 Å². The molecule has 178 valence electrons. The number of hydrogen-bond donors (Lipinski definition) is 2. The normalized spacial score (nSPS) is 11.7. The van der Waals surface area contributed by atoms with E-state index in [1.54, 1.807) is 12.1 Å². The summed E-state index contributed by atoms with van der Waals surface area (Å²) in [6.07, 6.45) is 0. The first-order valence-corrected chi connectivity index (χ1v) is 11.0. The lowest BCUT2D eigenvalue weighted by Crippen LogP contribution is -2.22. The lowest BCUT2D eigenvalue weighted by atomic mass is 9.74. The van der Waals surface area contributed by atoms with Crippen molar-refractivity contribution >= 4 is 11.9 Å². The van der Waals surface area contributed by atoms with Gasteiger partial charge in [-0.05, 0) is 46.5 Å². The Morgan fingerprint density at radius 3 is 1.18 bits per heavy atom. The molecule has 0 saturated carbocycles. The fraction of sp³-hybridized carbons (Fsp3) is 0.286. The Kier molecular flexibility index (Phi) is 6.73. The predicted molar refractivity (Wildman–Crippen MR) is 130 cm³/mol. The van der Waals surface area contributed by atoms with Gasteiger partial charge in [-0.25, -0.2) is 0 Å². The SMILES string of the molecule is CC(=O)Oc1cc(C(C)(C)c2ccc(C(C)(C)c3ccc(O)c(OC(C)=O)c3)cc2)ccc1O. The van der Waals surface area contributed by atoms with Crippen LogP contribution < -0.4 is 9.47 Å². The van der Waals surface area contributed by atoms with Crippen LogP contribution in [0.2, 0.25) is 0 Å². The van der Waals surface area contributed by atoms with E-state index in [1.165, 1.54) is 26.0 Å². The Morgan fingerprint density at radius 1 is 0.588 bits per heavy atom. The molecule has 0 aliphatic heterocycles. The quantitative estimate of drug-likeness (QED) is 0.366. The molecular weight excluding hydrogens is 432 g/mol. The first-order valence-electron chi connectivity index (χ1n) is 11.0. The van der Waals surface area contributed by atoms with Gasteiger partial charge in [-0.2, -0.15) is 0 Å². The van der Waals surface area contributed by atoms with Crippen LogP contribution in [-0.4, -0.2) is 22.2 Å². The van der Waals surface area contributed by atoms with E-state index in [1.807, 2.05) is 36.4 Å². The van der Waals surface area contributed by atoms with Crippen LogP contribution in [0.5, 0.6) is 23.0 Å². The second kappa shape index (κ2) is 9.21. The van der Waals surface area contributed by atoms with Crippen molar-refractivity contribution in [3.63, 3.8) is 0 Å². The molecule has 3 rings (SSSR count). The molecule has 0 atom stereocenters. The Hall–Kier alpha value is -3.80. The van der Waals surface area contributed by atoms with Crippen molar-refractivity contribution in [2.45, 2.75) is 52.4 Å². The Balaban J connectivity index is 1.94. The van der Waals surface area contributed by atoms with E-state index in [-0.39, 0.29) is 23.0 Å². The molecule has 0 aromatic heterocycles. The number of ether oxygens (including phenoxy) is 2. The van der Waals surface area contributed by atoms with Gasteiger partial charge in [0.05, 0.1) is 0 Å². The fourth-order valence-electron chi connectivity index (χ4n) is 3.92. The van der Waals surface area contributed by atoms with Gasteiger partial charge in [0.1, 0.15) is 0 Å². The monoisotopic (exact) mass is 462 g/mol. The molecule has 0 unspecified atom stereocenters. The molecule has 0 fully saturated rings. The van der Waals surface area contributed by atoms with Crippen molar-refractivity contribution in [1.29, 1.82) is 0 Å². The van der Waals surface area contributed by atoms with Crippen LogP contribution in [0.4, 0.5) is 0 Å². The molecule has 6 heteroatoms. The molecule has 0 heterocycles. The molecule has 0 aliphatic rings. The van der Waals surface area contributed by atoms with Crippen molar-refractivity contribution < 1.29 is 29.3 Å². The zero-order valence-corrected chi connectivity index (χ0v) is 20.3. The molecule has 3 aromatic carbocycles. The molecule has 0 saturated heterocycles. The lowest BCUT2D eigenvalue weighted by molar-refractivity contribution is -0.132. The predicted octanol–water partition coefficient (Wildman–Crippen LogP) is 5.60. The number of rotatable bonds is 6. The average Bonchev–Trinajstić information content (AvgIpc) is 2.76. The molecule has 3 aromatic rings. The van der Waals surface area contributed by atoms with Crippen molar-refractivity contribution in [2.75, 3.05) is 0 Å². The van der Waals surface area contributed by atoms with E-state index in [2.05, 4.69) is 27.7 Å². The third-order valence-electron chi connectivity index (χ3n) is 6.20. The van der Waals surface area contributed by atoms with Gasteiger partial charge >= 0.3 is 11.9 Å². The maximum Gasteiger partial charge on any atom is 0.308 e. The Morgan fingerprint density at radius 2 is 0.882 bits per heavy atom. The van der Waals surface area contributed by atoms with Crippen LogP contribution in [0.15, 0.2) is 60.7 Å². The lowest BCUT2D eigenvalue weighted by Gasteiger charge is -2.30. The highest BCUT2D eigenvalue weighted by Gasteiger charge is 2.28. The van der Waals surface area contributed by atoms with Gasteiger partial charge in [-0.15, -0.1) is 0 Å². The van der Waals surface area contributed by atoms with Crippen molar-refractivity contribution in [1.82, 2.24) is 0 Å². The summed E-state index contributed by atoms with van der Waals surface area (Å²) in [5.74, 6) is -0.910. The van der Waals surface area contributed by atoms with Gasteiger partial charge in [0.25, 0.3) is 0 Å². The highest BCUT2D eigenvalue weighted by molar-refractivity contribution is 5.71. The minimum Gasteiger partial charge on any atom is -0.504 e. The van der Waals surface area contributed by atoms with Crippen LogP contribution in [-0.2, 0) is 20.4 Å². The molecular formula is C28H30O6. The number of carbonyl (C=O) groups excluding carboxylic acids is 2. The Bertz CT molecular complexity index is 1130. The highest BCUT2D eigenvalue weighted by atomic mass is 16.5. The zero-order chi connectivity index (χ0) is 25.3. The van der Waals surface area contributed by atoms with E-state index in [9.17, 15) is 19.8 Å². The average molecular weight is 463 g/mol. The number of hydrogen-bond acceptors (Lipinski definition) is 6. The summed E-state index contributed by atoms with van der Waals surface area (Å²) in [5.41, 5.74) is 3.00. The molecule has 0 amide bonds. The number of phenols is 2. The smallest absolute Gasteiger partial charge is 0.308 e. The second-order valence-electron chi connectivity index (χ2n) is 9.38. The van der Waals surface area contributed by atoms with E-state index < -0.39 is 22.8 Å². The van der Waals surface area contributed by atoms with E-state index in [0.29, 0.717) is 0 Å². The molecule has 0 aliphatic carbocycles. The van der Waals surface area contributed by atoms with Gasteiger partial charge in [0.2, 0.25) is 0 Å². The summed E-state index contributed by atoms with van der Waals surface area (Å²) in [7, 11) is 0. The zero-order valence-electron chi connectivity index (χ0n) is 20.3. The Labute approximate surface area is 199 Å². The number of phenolic OH excluding ortho intramolecular Hbond substituents is 2. The van der Waals surface area contributed by atoms with E-state index in [4.69, 9.17) is 9.47 Å². The number of benzene rings is 3. The summed E-state index contributed by atoms with van der Waals surface area (Å²) < 4.78 is 10.3. The summed E-state index contributed by atoms with van der Waals surface area (Å²) in [4.78, 5) is 22.7. The third kappa shape index (κ3) is 5.06. The minimum absolute atomic E-state index is 0.0890. The third-order valence-corrected chi connectivity index (χ3v) is 6.20. The molecule has 0 radical (unpaired) electrons. The molecule has 34 heavy (non-hydrogen) atoms. The van der Waals surface area contributed by atoms with E-state index >= 15 is 0 Å². The first kappa shape index (κ1) is 24.8. The largest absolute Gasteiger partial charge is 0.504 e. The topological polar surface area (TPSA) is 93.1 Å². The van der Waals surface area contributed by atoms with Crippen LogP contribution in [0.25, 0.3) is 0 Å². The van der Waals surface area contributed by atoms with Crippen LogP contribution in [0.3, 0.4) is 0 Å². The fourth-order valence-corrected chi connectivity index (χ4v) is 3.92. The summed E-state index contributed by atoms with van der Waals surface area (Å²) in [5, 5.41) is 20.0. The van der Waals surface area contributed by atoms with Gasteiger partial charge in [-0.3, -0.25) is 9.59 Å². The second-order valence-corrected chi connectivity index (χ2v) is 9.38. The number of carbonyl (C=O) groups is 2. The summed E-state index contributed by atoms with van der Waals surface area (Å²) >= 11 is 0. The number of esters is 2. The first-order chi connectivity index (χ1) is 15.8.